The number of fused-ring (bicyclic) bond motifs is 1. The number of nitrogens with one attached hydrogen (secondary N) is 1. The van der Waals surface area contributed by atoms with Crippen LogP contribution in [0.1, 0.15) is 11.1 Å². The van der Waals surface area contributed by atoms with E-state index < -0.39 is 0 Å². The maximum atomic E-state index is 12.8. The lowest BCUT2D eigenvalue weighted by Crippen LogP contribution is -2.20. The van der Waals surface area contributed by atoms with E-state index >= 15 is 0 Å². The molecule has 0 aliphatic rings. The molecule has 3 aromatic carbocycles. The number of imidazole rings is 1. The van der Waals surface area contributed by atoms with Gasteiger partial charge < -0.3 is 9.88 Å². The second-order valence-electron chi connectivity index (χ2n) is 6.88. The Morgan fingerprint density at radius 3 is 2.57 bits per heavy atom. The average Bonchev–Trinajstić information content (AvgIpc) is 3.04. The molecule has 28 heavy (non-hydrogen) atoms. The van der Waals surface area contributed by atoms with Crippen LogP contribution in [-0.2, 0) is 11.3 Å². The van der Waals surface area contributed by atoms with Crippen molar-refractivity contribution >= 4 is 34.2 Å². The van der Waals surface area contributed by atoms with Gasteiger partial charge >= 0.3 is 0 Å². The van der Waals surface area contributed by atoms with Crippen LogP contribution in [0.2, 0.25) is 5.02 Å². The molecule has 1 amide bonds. The van der Waals surface area contributed by atoms with Gasteiger partial charge in [0, 0.05) is 16.3 Å². The number of anilines is 1. The van der Waals surface area contributed by atoms with Gasteiger partial charge in [0.05, 0.1) is 11.0 Å². The van der Waals surface area contributed by atoms with Gasteiger partial charge in [-0.15, -0.1) is 0 Å². The summed E-state index contributed by atoms with van der Waals surface area (Å²) in [7, 11) is 0. The van der Waals surface area contributed by atoms with Gasteiger partial charge in [-0.25, -0.2) is 4.98 Å². The van der Waals surface area contributed by atoms with Gasteiger partial charge in [-0.05, 0) is 67.4 Å². The first-order valence-corrected chi connectivity index (χ1v) is 9.47. The molecule has 0 atom stereocenters. The molecule has 0 aliphatic carbocycles. The molecule has 4 aromatic rings. The van der Waals surface area contributed by atoms with Gasteiger partial charge in [0.15, 0.2) is 0 Å². The molecule has 0 saturated heterocycles. The lowest BCUT2D eigenvalue weighted by atomic mass is 10.1. The third-order valence-corrected chi connectivity index (χ3v) is 4.98. The van der Waals surface area contributed by atoms with E-state index in [0.717, 1.165) is 39.2 Å². The van der Waals surface area contributed by atoms with Gasteiger partial charge in [-0.2, -0.15) is 0 Å². The molecule has 1 aromatic heterocycles. The van der Waals surface area contributed by atoms with E-state index in [-0.39, 0.29) is 12.5 Å². The smallest absolute Gasteiger partial charge is 0.244 e. The minimum atomic E-state index is -0.0907. The minimum Gasteiger partial charge on any atom is -0.324 e. The fraction of sp³-hybridized carbons (Fsp3) is 0.130. The van der Waals surface area contributed by atoms with Gasteiger partial charge in [0.1, 0.15) is 12.4 Å². The molecule has 140 valence electrons. The number of benzene rings is 3. The van der Waals surface area contributed by atoms with Gasteiger partial charge in [0.2, 0.25) is 5.91 Å². The topological polar surface area (TPSA) is 46.9 Å². The van der Waals surface area contributed by atoms with Crippen LogP contribution in [0.3, 0.4) is 0 Å². The van der Waals surface area contributed by atoms with E-state index in [1.807, 2.05) is 85.1 Å². The summed E-state index contributed by atoms with van der Waals surface area (Å²) in [4.78, 5) is 17.6. The predicted octanol–water partition coefficient (Wildman–Crippen LogP) is 5.61. The molecular formula is C23H20ClN3O. The summed E-state index contributed by atoms with van der Waals surface area (Å²) >= 11 is 6.03. The quantitative estimate of drug-likeness (QED) is 0.493. The van der Waals surface area contributed by atoms with Crippen molar-refractivity contribution in [1.82, 2.24) is 9.55 Å². The highest BCUT2D eigenvalue weighted by Crippen LogP contribution is 2.26. The molecule has 0 aliphatic heterocycles. The van der Waals surface area contributed by atoms with E-state index in [0.29, 0.717) is 5.02 Å². The summed E-state index contributed by atoms with van der Waals surface area (Å²) in [6, 6.07) is 21.4. The lowest BCUT2D eigenvalue weighted by Gasteiger charge is -2.12. The normalized spacial score (nSPS) is 11.0. The van der Waals surface area contributed by atoms with Crippen LogP contribution in [0.4, 0.5) is 5.69 Å². The van der Waals surface area contributed by atoms with Crippen LogP contribution >= 0.6 is 11.6 Å². The number of halogens is 1. The molecule has 5 heteroatoms. The maximum Gasteiger partial charge on any atom is 0.244 e. The lowest BCUT2D eigenvalue weighted by molar-refractivity contribution is -0.116. The number of para-hydroxylation sites is 2. The Morgan fingerprint density at radius 1 is 1.04 bits per heavy atom. The average molecular weight is 390 g/mol. The number of rotatable bonds is 4. The SMILES string of the molecule is Cc1ccc(C)c(NC(=O)Cn2c(-c3ccc(Cl)cc3)nc3ccccc32)c1. The zero-order valence-corrected chi connectivity index (χ0v) is 16.5. The molecular weight excluding hydrogens is 370 g/mol. The number of aryl methyl sites for hydroxylation is 2. The fourth-order valence-electron chi connectivity index (χ4n) is 3.26. The summed E-state index contributed by atoms with van der Waals surface area (Å²) in [5.41, 5.74) is 5.67. The van der Waals surface area contributed by atoms with Crippen molar-refractivity contribution < 1.29 is 4.79 Å². The first-order chi connectivity index (χ1) is 13.5. The highest BCUT2D eigenvalue weighted by atomic mass is 35.5. The molecule has 0 saturated carbocycles. The summed E-state index contributed by atoms with van der Waals surface area (Å²) < 4.78 is 1.94. The van der Waals surface area contributed by atoms with Crippen molar-refractivity contribution in [2.24, 2.45) is 0 Å². The zero-order chi connectivity index (χ0) is 19.7. The van der Waals surface area contributed by atoms with Crippen molar-refractivity contribution in [2.45, 2.75) is 20.4 Å². The molecule has 1 heterocycles. The summed E-state index contributed by atoms with van der Waals surface area (Å²) in [5.74, 6) is 0.654. The summed E-state index contributed by atoms with van der Waals surface area (Å²) in [5, 5.41) is 3.70. The molecule has 0 fully saturated rings. The number of aromatic nitrogens is 2. The molecule has 4 nitrogen and oxygen atoms in total. The van der Waals surface area contributed by atoms with E-state index in [2.05, 4.69) is 5.32 Å². The third kappa shape index (κ3) is 3.64. The number of nitrogens with zero attached hydrogens (tertiary/aromatic N) is 2. The predicted molar refractivity (Wildman–Crippen MR) is 115 cm³/mol. The summed E-state index contributed by atoms with van der Waals surface area (Å²) in [6.07, 6.45) is 0. The number of amides is 1. The van der Waals surface area contributed by atoms with Crippen LogP contribution in [0.15, 0.2) is 66.7 Å². The van der Waals surface area contributed by atoms with Gasteiger partial charge in [0.25, 0.3) is 0 Å². The van der Waals surface area contributed by atoms with Crippen molar-refractivity contribution in [2.75, 3.05) is 5.32 Å². The van der Waals surface area contributed by atoms with Crippen LogP contribution in [0.5, 0.6) is 0 Å². The van der Waals surface area contributed by atoms with Crippen LogP contribution < -0.4 is 5.32 Å². The standard InChI is InChI=1S/C23H20ClN3O/c1-15-7-8-16(2)20(13-15)25-22(28)14-27-21-6-4-3-5-19(21)26-23(27)17-9-11-18(24)12-10-17/h3-13H,14H2,1-2H3,(H,25,28). The van der Waals surface area contributed by atoms with Crippen LogP contribution in [0, 0.1) is 13.8 Å². The Morgan fingerprint density at radius 2 is 1.79 bits per heavy atom. The Kier molecular flexibility index (Phi) is 4.88. The van der Waals surface area contributed by atoms with Gasteiger partial charge in [-0.1, -0.05) is 35.9 Å². The van der Waals surface area contributed by atoms with E-state index in [1.54, 1.807) is 0 Å². The number of carbonyl (C=O) groups excluding carboxylic acids is 1. The molecule has 0 radical (unpaired) electrons. The molecule has 4 rings (SSSR count). The Bertz CT molecular complexity index is 1160. The van der Waals surface area contributed by atoms with Crippen molar-refractivity contribution in [1.29, 1.82) is 0 Å². The number of hydrogen-bond acceptors (Lipinski definition) is 2. The van der Waals surface area contributed by atoms with E-state index in [9.17, 15) is 4.79 Å². The van der Waals surface area contributed by atoms with E-state index in [4.69, 9.17) is 16.6 Å². The second-order valence-corrected chi connectivity index (χ2v) is 7.32. The van der Waals surface area contributed by atoms with Crippen molar-refractivity contribution in [3.05, 3.63) is 82.9 Å². The van der Waals surface area contributed by atoms with E-state index in [1.165, 1.54) is 0 Å². The van der Waals surface area contributed by atoms with Crippen molar-refractivity contribution in [3.8, 4) is 11.4 Å². The number of hydrogen-bond donors (Lipinski definition) is 1. The third-order valence-electron chi connectivity index (χ3n) is 4.73. The Labute approximate surface area is 168 Å². The van der Waals surface area contributed by atoms with Crippen molar-refractivity contribution in [3.63, 3.8) is 0 Å². The molecule has 0 spiro atoms. The fourth-order valence-corrected chi connectivity index (χ4v) is 3.38. The minimum absolute atomic E-state index is 0.0907. The number of carbonyl (C=O) groups is 1. The molecule has 0 bridgehead atoms. The second kappa shape index (κ2) is 7.49. The monoisotopic (exact) mass is 389 g/mol. The zero-order valence-electron chi connectivity index (χ0n) is 15.7. The summed E-state index contributed by atoms with van der Waals surface area (Å²) in [6.45, 7) is 4.17. The highest BCUT2D eigenvalue weighted by molar-refractivity contribution is 6.30. The maximum absolute atomic E-state index is 12.8. The first kappa shape index (κ1) is 18.3. The molecule has 0 unspecified atom stereocenters. The van der Waals surface area contributed by atoms with Crippen LogP contribution in [-0.4, -0.2) is 15.5 Å². The first-order valence-electron chi connectivity index (χ1n) is 9.09. The molecule has 1 N–H and O–H groups in total. The van der Waals surface area contributed by atoms with Crippen LogP contribution in [0.25, 0.3) is 22.4 Å². The Balaban J connectivity index is 1.71. The highest BCUT2D eigenvalue weighted by Gasteiger charge is 2.15. The van der Waals surface area contributed by atoms with Gasteiger partial charge in [-0.3, -0.25) is 4.79 Å². The Hall–Kier alpha value is -3.11. The largest absolute Gasteiger partial charge is 0.324 e.